The van der Waals surface area contributed by atoms with Crippen LogP contribution in [0.4, 0.5) is 18.3 Å². The SMILES string of the molecule is Cc1nnc(NC(=O)c2c[nH]c3cc(C(F)(F)F)ccc3c2=O)s1. The molecular weight excluding hydrogens is 345 g/mol. The van der Waals surface area contributed by atoms with Gasteiger partial charge in [0, 0.05) is 17.1 Å². The summed E-state index contributed by atoms with van der Waals surface area (Å²) in [4.78, 5) is 27.0. The summed E-state index contributed by atoms with van der Waals surface area (Å²) < 4.78 is 38.1. The van der Waals surface area contributed by atoms with E-state index in [0.29, 0.717) is 5.01 Å². The van der Waals surface area contributed by atoms with Gasteiger partial charge in [0.15, 0.2) is 0 Å². The van der Waals surface area contributed by atoms with Gasteiger partial charge in [0.25, 0.3) is 5.91 Å². The number of aromatic amines is 1. The summed E-state index contributed by atoms with van der Waals surface area (Å²) in [5.74, 6) is -0.714. The van der Waals surface area contributed by atoms with Crippen molar-refractivity contribution >= 4 is 33.3 Å². The van der Waals surface area contributed by atoms with Gasteiger partial charge in [-0.2, -0.15) is 13.2 Å². The third-order valence-corrected chi connectivity index (χ3v) is 3.95. The number of hydrogen-bond acceptors (Lipinski definition) is 5. The first-order valence-electron chi connectivity index (χ1n) is 6.60. The van der Waals surface area contributed by atoms with Gasteiger partial charge in [-0.3, -0.25) is 14.9 Å². The summed E-state index contributed by atoms with van der Waals surface area (Å²) in [5.41, 5.74) is -1.78. The van der Waals surface area contributed by atoms with Crippen LogP contribution in [0.5, 0.6) is 0 Å². The van der Waals surface area contributed by atoms with E-state index in [1.165, 1.54) is 0 Å². The molecule has 3 aromatic rings. The Labute approximate surface area is 136 Å². The van der Waals surface area contributed by atoms with E-state index >= 15 is 0 Å². The first-order valence-corrected chi connectivity index (χ1v) is 7.41. The number of benzene rings is 1. The molecule has 0 aliphatic heterocycles. The van der Waals surface area contributed by atoms with E-state index in [1.54, 1.807) is 6.92 Å². The first-order chi connectivity index (χ1) is 11.3. The van der Waals surface area contributed by atoms with Crippen LogP contribution in [0.2, 0.25) is 0 Å². The number of fused-ring (bicyclic) bond motifs is 1. The minimum absolute atomic E-state index is 0.00173. The summed E-state index contributed by atoms with van der Waals surface area (Å²) in [7, 11) is 0. The lowest BCUT2D eigenvalue weighted by Crippen LogP contribution is -2.22. The zero-order valence-corrected chi connectivity index (χ0v) is 12.9. The Bertz CT molecular complexity index is 994. The second-order valence-corrected chi connectivity index (χ2v) is 6.05. The maximum atomic E-state index is 12.7. The third-order valence-electron chi connectivity index (χ3n) is 3.20. The van der Waals surface area contributed by atoms with Gasteiger partial charge in [-0.15, -0.1) is 10.2 Å². The Morgan fingerprint density at radius 3 is 2.67 bits per heavy atom. The molecule has 0 unspecified atom stereocenters. The molecule has 24 heavy (non-hydrogen) atoms. The Kier molecular flexibility index (Phi) is 3.84. The zero-order valence-electron chi connectivity index (χ0n) is 12.1. The molecule has 0 bridgehead atoms. The van der Waals surface area contributed by atoms with Crippen LogP contribution in [0.1, 0.15) is 20.9 Å². The largest absolute Gasteiger partial charge is 0.416 e. The minimum atomic E-state index is -4.52. The molecule has 0 aliphatic rings. The Morgan fingerprint density at radius 2 is 2.04 bits per heavy atom. The number of carbonyl (C=O) groups is 1. The third kappa shape index (κ3) is 3.00. The molecule has 2 aromatic heterocycles. The molecule has 2 heterocycles. The summed E-state index contributed by atoms with van der Waals surface area (Å²) >= 11 is 1.13. The Morgan fingerprint density at radius 1 is 1.29 bits per heavy atom. The maximum Gasteiger partial charge on any atom is 0.416 e. The average Bonchev–Trinajstić information content (AvgIpc) is 2.91. The second kappa shape index (κ2) is 5.71. The molecule has 0 saturated heterocycles. The number of nitrogens with one attached hydrogen (secondary N) is 2. The molecule has 124 valence electrons. The number of pyridine rings is 1. The van der Waals surface area contributed by atoms with Crippen LogP contribution in [0, 0.1) is 6.92 Å². The summed E-state index contributed by atoms with van der Waals surface area (Å²) in [6.45, 7) is 1.70. The van der Waals surface area contributed by atoms with Crippen LogP contribution in [-0.2, 0) is 6.18 Å². The van der Waals surface area contributed by atoms with Crippen molar-refractivity contribution in [1.82, 2.24) is 15.2 Å². The molecule has 1 aromatic carbocycles. The van der Waals surface area contributed by atoms with Crippen molar-refractivity contribution < 1.29 is 18.0 Å². The van der Waals surface area contributed by atoms with E-state index in [2.05, 4.69) is 20.5 Å². The van der Waals surface area contributed by atoms with Gasteiger partial charge in [0.05, 0.1) is 5.56 Å². The lowest BCUT2D eigenvalue weighted by Gasteiger charge is -2.08. The highest BCUT2D eigenvalue weighted by molar-refractivity contribution is 7.15. The predicted molar refractivity (Wildman–Crippen MR) is 82.2 cm³/mol. The molecule has 3 rings (SSSR count). The molecule has 10 heteroatoms. The average molecular weight is 354 g/mol. The number of aryl methyl sites for hydroxylation is 1. The number of amides is 1. The van der Waals surface area contributed by atoms with Crippen LogP contribution in [0.15, 0.2) is 29.2 Å². The fourth-order valence-corrected chi connectivity index (χ4v) is 2.67. The van der Waals surface area contributed by atoms with Crippen molar-refractivity contribution in [3.63, 3.8) is 0 Å². The second-order valence-electron chi connectivity index (χ2n) is 4.87. The highest BCUT2D eigenvalue weighted by Crippen LogP contribution is 2.30. The molecule has 0 spiro atoms. The maximum absolute atomic E-state index is 12.7. The van der Waals surface area contributed by atoms with Crippen LogP contribution in [-0.4, -0.2) is 21.1 Å². The normalized spacial score (nSPS) is 11.7. The number of carbonyl (C=O) groups excluding carboxylic acids is 1. The molecule has 6 nitrogen and oxygen atoms in total. The molecule has 0 saturated carbocycles. The molecule has 0 radical (unpaired) electrons. The summed E-state index contributed by atoms with van der Waals surface area (Å²) in [5, 5.41) is 10.7. The first kappa shape index (κ1) is 16.1. The molecule has 0 atom stereocenters. The van der Waals surface area contributed by atoms with Crippen molar-refractivity contribution in [2.24, 2.45) is 0 Å². The van der Waals surface area contributed by atoms with Crippen molar-refractivity contribution in [2.75, 3.05) is 5.32 Å². The fourth-order valence-electron chi connectivity index (χ4n) is 2.08. The van der Waals surface area contributed by atoms with E-state index in [-0.39, 0.29) is 21.6 Å². The lowest BCUT2D eigenvalue weighted by molar-refractivity contribution is -0.137. The Balaban J connectivity index is 1.99. The van der Waals surface area contributed by atoms with Crippen molar-refractivity contribution in [3.8, 4) is 0 Å². The smallest absolute Gasteiger partial charge is 0.360 e. The van der Waals surface area contributed by atoms with E-state index < -0.39 is 23.1 Å². The monoisotopic (exact) mass is 354 g/mol. The van der Waals surface area contributed by atoms with Gasteiger partial charge in [-0.1, -0.05) is 11.3 Å². The predicted octanol–water partition coefficient (Wildman–Crippen LogP) is 2.96. The number of aromatic nitrogens is 3. The van der Waals surface area contributed by atoms with Crippen molar-refractivity contribution in [2.45, 2.75) is 13.1 Å². The number of alkyl halides is 3. The number of rotatable bonds is 2. The summed E-state index contributed by atoms with van der Waals surface area (Å²) in [6, 6.07) is 2.67. The highest BCUT2D eigenvalue weighted by Gasteiger charge is 2.30. The lowest BCUT2D eigenvalue weighted by atomic mass is 10.1. The topological polar surface area (TPSA) is 87.7 Å². The number of nitrogens with zero attached hydrogens (tertiary/aromatic N) is 2. The van der Waals surface area contributed by atoms with Crippen LogP contribution in [0.25, 0.3) is 10.9 Å². The van der Waals surface area contributed by atoms with Gasteiger partial charge in [0.2, 0.25) is 10.6 Å². The van der Waals surface area contributed by atoms with Crippen molar-refractivity contribution in [3.05, 3.63) is 50.8 Å². The molecule has 0 aliphatic carbocycles. The highest BCUT2D eigenvalue weighted by atomic mass is 32.1. The number of halogens is 3. The molecule has 0 fully saturated rings. The Hall–Kier alpha value is -2.75. The quantitative estimate of drug-likeness (QED) is 0.741. The van der Waals surface area contributed by atoms with E-state index in [9.17, 15) is 22.8 Å². The number of anilines is 1. The van der Waals surface area contributed by atoms with Crippen molar-refractivity contribution in [1.29, 1.82) is 0 Å². The summed E-state index contributed by atoms with van der Waals surface area (Å²) in [6.07, 6.45) is -3.44. The standard InChI is InChI=1S/C14H9F3N4O2S/c1-6-20-21-13(24-6)19-12(23)9-5-18-10-4-7(14(15,16)17)2-3-8(10)11(9)22/h2-5H,1H3,(H,18,22)(H,19,21,23). The van der Waals surface area contributed by atoms with Crippen LogP contribution < -0.4 is 10.7 Å². The van der Waals surface area contributed by atoms with Gasteiger partial charge >= 0.3 is 6.18 Å². The fraction of sp³-hybridized carbons (Fsp3) is 0.143. The number of H-pyrrole nitrogens is 1. The van der Waals surface area contributed by atoms with Gasteiger partial charge < -0.3 is 4.98 Å². The number of hydrogen-bond donors (Lipinski definition) is 2. The molecular formula is C14H9F3N4O2S. The van der Waals surface area contributed by atoms with Crippen LogP contribution >= 0.6 is 11.3 Å². The van der Waals surface area contributed by atoms with E-state index in [1.807, 2.05) is 0 Å². The van der Waals surface area contributed by atoms with Gasteiger partial charge in [-0.25, -0.2) is 0 Å². The van der Waals surface area contributed by atoms with Gasteiger partial charge in [-0.05, 0) is 25.1 Å². The van der Waals surface area contributed by atoms with Gasteiger partial charge in [0.1, 0.15) is 10.6 Å². The van der Waals surface area contributed by atoms with E-state index in [4.69, 9.17) is 0 Å². The minimum Gasteiger partial charge on any atom is -0.360 e. The van der Waals surface area contributed by atoms with E-state index in [0.717, 1.165) is 35.7 Å². The molecule has 2 N–H and O–H groups in total. The molecule has 1 amide bonds. The zero-order chi connectivity index (χ0) is 17.5. The van der Waals surface area contributed by atoms with Crippen LogP contribution in [0.3, 0.4) is 0 Å².